The summed E-state index contributed by atoms with van der Waals surface area (Å²) >= 11 is 0. The number of halogens is 3. The van der Waals surface area contributed by atoms with Gasteiger partial charge in [0.15, 0.2) is 0 Å². The zero-order valence-electron chi connectivity index (χ0n) is 14.0. The topological polar surface area (TPSA) is 15.7 Å². The summed E-state index contributed by atoms with van der Waals surface area (Å²) < 4.78 is 43.5. The molecule has 3 nitrogen and oxygen atoms in total. The molecule has 2 fully saturated rings. The molecular formula is C18H25F3N2O. The Morgan fingerprint density at radius 3 is 2.46 bits per heavy atom. The van der Waals surface area contributed by atoms with Crippen molar-refractivity contribution >= 4 is 0 Å². The van der Waals surface area contributed by atoms with E-state index in [4.69, 9.17) is 4.74 Å². The highest BCUT2D eigenvalue weighted by Gasteiger charge is 2.41. The van der Waals surface area contributed by atoms with Gasteiger partial charge in [-0.1, -0.05) is 30.4 Å². The summed E-state index contributed by atoms with van der Waals surface area (Å²) in [4.78, 5) is 4.65. The highest BCUT2D eigenvalue weighted by atomic mass is 19.4. The van der Waals surface area contributed by atoms with Gasteiger partial charge >= 0.3 is 6.18 Å². The van der Waals surface area contributed by atoms with Crippen LogP contribution in [-0.4, -0.2) is 61.5 Å². The first-order chi connectivity index (χ1) is 11.4. The van der Waals surface area contributed by atoms with E-state index in [1.165, 1.54) is 0 Å². The molecule has 0 N–H and O–H groups in total. The first-order valence-corrected chi connectivity index (χ1v) is 8.61. The van der Waals surface area contributed by atoms with Crippen LogP contribution < -0.4 is 0 Å². The van der Waals surface area contributed by atoms with Crippen molar-refractivity contribution in [2.75, 3.05) is 39.5 Å². The highest BCUT2D eigenvalue weighted by molar-refractivity contribution is 5.31. The Morgan fingerprint density at radius 1 is 1.12 bits per heavy atom. The monoisotopic (exact) mass is 342 g/mol. The van der Waals surface area contributed by atoms with Crippen LogP contribution in [0.4, 0.5) is 13.2 Å². The van der Waals surface area contributed by atoms with Crippen molar-refractivity contribution in [1.29, 1.82) is 0 Å². The van der Waals surface area contributed by atoms with Crippen LogP contribution in [-0.2, 0) is 4.74 Å². The molecule has 3 atom stereocenters. The predicted octanol–water partition coefficient (Wildman–Crippen LogP) is 3.22. The van der Waals surface area contributed by atoms with Gasteiger partial charge < -0.3 is 4.74 Å². The van der Waals surface area contributed by atoms with E-state index in [1.54, 1.807) is 18.2 Å². The van der Waals surface area contributed by atoms with E-state index < -0.39 is 12.6 Å². The van der Waals surface area contributed by atoms with Gasteiger partial charge in [-0.05, 0) is 24.3 Å². The number of hydrogen-bond donors (Lipinski definition) is 0. The van der Waals surface area contributed by atoms with E-state index in [2.05, 4.69) is 9.80 Å². The Hall–Kier alpha value is -1.11. The van der Waals surface area contributed by atoms with Crippen LogP contribution in [0.15, 0.2) is 36.0 Å². The Bertz CT molecular complexity index is 513. The number of likely N-dealkylation sites (tertiary alicyclic amines) is 2. The van der Waals surface area contributed by atoms with E-state index in [-0.39, 0.29) is 6.04 Å². The molecular weight excluding hydrogens is 317 g/mol. The zero-order valence-corrected chi connectivity index (χ0v) is 14.0. The molecule has 3 rings (SSSR count). The van der Waals surface area contributed by atoms with Crippen molar-refractivity contribution in [3.63, 3.8) is 0 Å². The lowest BCUT2D eigenvalue weighted by Gasteiger charge is -2.25. The van der Waals surface area contributed by atoms with Gasteiger partial charge in [-0.15, -0.1) is 0 Å². The molecule has 3 aliphatic rings. The summed E-state index contributed by atoms with van der Waals surface area (Å²) in [5.74, 6) is 1.18. The van der Waals surface area contributed by atoms with E-state index in [0.717, 1.165) is 32.8 Å². The number of ether oxygens (including phenoxy) is 1. The predicted molar refractivity (Wildman–Crippen MR) is 87.4 cm³/mol. The van der Waals surface area contributed by atoms with Crippen LogP contribution in [0.1, 0.15) is 13.3 Å². The van der Waals surface area contributed by atoms with E-state index in [1.807, 2.05) is 19.1 Å². The van der Waals surface area contributed by atoms with Crippen molar-refractivity contribution in [1.82, 2.24) is 9.80 Å². The third-order valence-electron chi connectivity index (χ3n) is 5.01. The van der Waals surface area contributed by atoms with Crippen LogP contribution >= 0.6 is 0 Å². The quantitative estimate of drug-likeness (QED) is 0.763. The van der Waals surface area contributed by atoms with E-state index in [0.29, 0.717) is 24.1 Å². The summed E-state index contributed by atoms with van der Waals surface area (Å²) in [5.41, 5.74) is 0.354. The minimum atomic E-state index is -4.16. The number of fused-ring (bicyclic) bond motifs is 1. The smallest absolute Gasteiger partial charge is 0.366 e. The van der Waals surface area contributed by atoms with Gasteiger partial charge in [0.1, 0.15) is 0 Å². The minimum absolute atomic E-state index is 0.0386. The first-order valence-electron chi connectivity index (χ1n) is 8.61. The van der Waals surface area contributed by atoms with Crippen LogP contribution in [0.25, 0.3) is 0 Å². The van der Waals surface area contributed by atoms with E-state index in [9.17, 15) is 13.2 Å². The standard InChI is InChI=1S/C18H25F3N2O/c1-2-24-13-22-9-15-11-23(12-16(15)10-22)17-6-4-3-5-14(7-17)8-18(19,20)21/h3-7,15-17H,2,8-13H2,1H3/t15-,16+,17?. The Morgan fingerprint density at radius 2 is 1.83 bits per heavy atom. The largest absolute Gasteiger partial charge is 0.393 e. The Kier molecular flexibility index (Phi) is 5.47. The molecule has 1 unspecified atom stereocenters. The molecule has 0 spiro atoms. The molecule has 0 aromatic heterocycles. The number of nitrogens with zero attached hydrogens (tertiary/aromatic N) is 2. The van der Waals surface area contributed by atoms with Crippen molar-refractivity contribution in [3.8, 4) is 0 Å². The molecule has 0 aromatic rings. The molecule has 0 radical (unpaired) electrons. The lowest BCUT2D eigenvalue weighted by Crippen LogP contribution is -2.35. The fraction of sp³-hybridized carbons (Fsp3) is 0.667. The molecule has 134 valence electrons. The third-order valence-corrected chi connectivity index (χ3v) is 5.01. The van der Waals surface area contributed by atoms with Crippen molar-refractivity contribution in [3.05, 3.63) is 36.0 Å². The molecule has 0 bridgehead atoms. The molecule has 2 heterocycles. The van der Waals surface area contributed by atoms with Gasteiger partial charge in [0.05, 0.1) is 13.2 Å². The summed E-state index contributed by atoms with van der Waals surface area (Å²) in [7, 11) is 0. The van der Waals surface area contributed by atoms with Crippen LogP contribution in [0.5, 0.6) is 0 Å². The van der Waals surface area contributed by atoms with Crippen molar-refractivity contribution in [2.24, 2.45) is 11.8 Å². The number of rotatable bonds is 5. The molecule has 24 heavy (non-hydrogen) atoms. The van der Waals surface area contributed by atoms with Crippen LogP contribution in [0, 0.1) is 11.8 Å². The van der Waals surface area contributed by atoms with Gasteiger partial charge in [0, 0.05) is 38.8 Å². The van der Waals surface area contributed by atoms with Gasteiger partial charge in [0.25, 0.3) is 0 Å². The van der Waals surface area contributed by atoms with E-state index >= 15 is 0 Å². The van der Waals surface area contributed by atoms with Crippen molar-refractivity contribution < 1.29 is 17.9 Å². The maximum Gasteiger partial charge on any atom is 0.393 e. The first kappa shape index (κ1) is 17.7. The molecule has 0 aromatic carbocycles. The summed E-state index contributed by atoms with van der Waals surface area (Å²) in [6, 6.07) is -0.0386. The summed E-state index contributed by atoms with van der Waals surface area (Å²) in [5, 5.41) is 0. The van der Waals surface area contributed by atoms with Gasteiger partial charge in [-0.25, -0.2) is 0 Å². The average Bonchev–Trinajstić information content (AvgIpc) is 2.96. The van der Waals surface area contributed by atoms with Crippen molar-refractivity contribution in [2.45, 2.75) is 25.6 Å². The highest BCUT2D eigenvalue weighted by Crippen LogP contribution is 2.34. The molecule has 1 aliphatic carbocycles. The molecule has 0 amide bonds. The fourth-order valence-electron chi connectivity index (χ4n) is 3.96. The maximum atomic E-state index is 12.7. The molecule has 2 aliphatic heterocycles. The fourth-order valence-corrected chi connectivity index (χ4v) is 3.96. The molecule has 2 saturated heterocycles. The lowest BCUT2D eigenvalue weighted by atomic mass is 10.0. The molecule has 6 heteroatoms. The molecule has 0 saturated carbocycles. The second kappa shape index (κ2) is 7.42. The van der Waals surface area contributed by atoms with Crippen LogP contribution in [0.2, 0.25) is 0 Å². The third kappa shape index (κ3) is 4.49. The van der Waals surface area contributed by atoms with Gasteiger partial charge in [-0.3, -0.25) is 9.80 Å². The summed E-state index contributed by atoms with van der Waals surface area (Å²) in [6.45, 7) is 7.34. The number of alkyl halides is 3. The van der Waals surface area contributed by atoms with Gasteiger partial charge in [0.2, 0.25) is 0 Å². The normalized spacial score (nSPS) is 31.3. The second-order valence-electron chi connectivity index (χ2n) is 6.90. The van der Waals surface area contributed by atoms with Gasteiger partial charge in [-0.2, -0.15) is 13.2 Å². The maximum absolute atomic E-state index is 12.7. The number of allylic oxidation sites excluding steroid dienone is 4. The zero-order chi connectivity index (χ0) is 17.2. The SMILES string of the molecule is CCOCN1C[C@@H]2CN(C3C=CC=CC(CC(F)(F)F)=C3)C[C@@H]2C1. The minimum Gasteiger partial charge on any atom is -0.366 e. The second-order valence-corrected chi connectivity index (χ2v) is 6.90. The average molecular weight is 342 g/mol. The Balaban J connectivity index is 1.59. The lowest BCUT2D eigenvalue weighted by molar-refractivity contribution is -0.126. The Labute approximate surface area is 141 Å². The number of hydrogen-bond acceptors (Lipinski definition) is 3. The van der Waals surface area contributed by atoms with Crippen LogP contribution in [0.3, 0.4) is 0 Å². The summed E-state index contributed by atoms with van der Waals surface area (Å²) in [6.07, 6.45) is 3.89.